The fraction of sp³-hybridized carbons (Fsp3) is 0.345. The van der Waals surface area contributed by atoms with Gasteiger partial charge in [-0.15, -0.1) is 0 Å². The molecule has 0 aromatic heterocycles. The highest BCUT2D eigenvalue weighted by molar-refractivity contribution is 6.27. The summed E-state index contributed by atoms with van der Waals surface area (Å²) in [6.45, 7) is 4.86. The van der Waals surface area contributed by atoms with Crippen molar-refractivity contribution >= 4 is 41.0 Å². The van der Waals surface area contributed by atoms with Crippen molar-refractivity contribution in [2.24, 2.45) is 35.0 Å². The highest BCUT2D eigenvalue weighted by Gasteiger charge is 2.77. The molecule has 2 saturated heterocycles. The molecule has 5 aliphatic rings. The van der Waals surface area contributed by atoms with E-state index in [2.05, 4.69) is 0 Å². The average molecular weight is 535 g/mol. The van der Waals surface area contributed by atoms with E-state index in [1.54, 1.807) is 20.8 Å². The molecule has 3 fully saturated rings. The number of hydrogen-bond acceptors (Lipinski definition) is 6. The van der Waals surface area contributed by atoms with Gasteiger partial charge in [0.05, 0.1) is 40.5 Å². The first kappa shape index (κ1) is 25.1. The monoisotopic (exact) mass is 534 g/mol. The Balaban J connectivity index is 1.53. The number of benzene rings is 2. The van der Waals surface area contributed by atoms with Crippen LogP contribution in [-0.4, -0.2) is 29.6 Å². The van der Waals surface area contributed by atoms with E-state index in [1.807, 2.05) is 0 Å². The zero-order valence-electron chi connectivity index (χ0n) is 21.3. The molecular weight excluding hydrogens is 510 g/mol. The number of carbonyl (C=O) groups is 5. The van der Waals surface area contributed by atoms with Crippen LogP contribution in [0.2, 0.25) is 0 Å². The maximum atomic E-state index is 14.0. The predicted molar refractivity (Wildman–Crippen MR) is 132 cm³/mol. The van der Waals surface area contributed by atoms with Crippen molar-refractivity contribution < 1.29 is 37.5 Å². The molecule has 39 heavy (non-hydrogen) atoms. The number of allylic oxidation sites excluding steroid dienone is 2. The van der Waals surface area contributed by atoms with Gasteiger partial charge in [0.2, 0.25) is 23.6 Å². The summed E-state index contributed by atoms with van der Waals surface area (Å²) < 4.78 is 33.0. The Bertz CT molecular complexity index is 1410. The van der Waals surface area contributed by atoms with Crippen molar-refractivity contribution in [2.75, 3.05) is 9.80 Å². The number of nitrogens with zero attached hydrogens (tertiary/aromatic N) is 2. The number of carbonyl (C=O) groups excluding carboxylic acids is 5. The van der Waals surface area contributed by atoms with Crippen LogP contribution in [0.4, 0.5) is 20.2 Å². The zero-order chi connectivity index (χ0) is 28.0. The normalized spacial score (nSPS) is 31.3. The van der Waals surface area contributed by atoms with Crippen molar-refractivity contribution in [2.45, 2.75) is 27.2 Å². The quantitative estimate of drug-likeness (QED) is 0.438. The van der Waals surface area contributed by atoms with Crippen molar-refractivity contribution in [3.05, 3.63) is 71.5 Å². The largest absolute Gasteiger partial charge is 0.430 e. The Labute approximate surface area is 222 Å². The van der Waals surface area contributed by atoms with Gasteiger partial charge >= 0.3 is 5.97 Å². The lowest BCUT2D eigenvalue weighted by Crippen LogP contribution is -2.60. The number of hydrogen-bond donors (Lipinski definition) is 0. The fourth-order valence-electron chi connectivity index (χ4n) is 7.25. The summed E-state index contributed by atoms with van der Waals surface area (Å²) in [7, 11) is 0. The van der Waals surface area contributed by atoms with E-state index in [0.29, 0.717) is 5.57 Å². The first-order valence-corrected chi connectivity index (χ1v) is 12.7. The minimum absolute atomic E-state index is 0.0306. The molecule has 0 N–H and O–H groups in total. The van der Waals surface area contributed by atoms with Gasteiger partial charge in [-0.1, -0.05) is 13.8 Å². The molecule has 200 valence electrons. The Hall–Kier alpha value is -4.21. The van der Waals surface area contributed by atoms with E-state index in [9.17, 15) is 32.8 Å². The molecule has 10 heteroatoms. The number of ether oxygens (including phenoxy) is 1. The summed E-state index contributed by atoms with van der Waals surface area (Å²) in [5.41, 5.74) is -0.707. The van der Waals surface area contributed by atoms with Gasteiger partial charge in [0.15, 0.2) is 0 Å². The highest BCUT2D eigenvalue weighted by atomic mass is 19.1. The number of esters is 1. The molecular formula is C29H24F2N2O6. The highest BCUT2D eigenvalue weighted by Crippen LogP contribution is 2.68. The van der Waals surface area contributed by atoms with Crippen LogP contribution in [0, 0.1) is 46.6 Å². The molecule has 2 aromatic carbocycles. The molecule has 3 aliphatic carbocycles. The van der Waals surface area contributed by atoms with Crippen LogP contribution < -0.4 is 9.80 Å². The molecule has 2 bridgehead atoms. The van der Waals surface area contributed by atoms with Crippen LogP contribution in [0.1, 0.15) is 27.2 Å². The van der Waals surface area contributed by atoms with Crippen LogP contribution >= 0.6 is 0 Å². The minimum Gasteiger partial charge on any atom is -0.430 e. The number of amides is 4. The second kappa shape index (κ2) is 8.39. The molecule has 2 heterocycles. The van der Waals surface area contributed by atoms with Gasteiger partial charge in [-0.05, 0) is 61.0 Å². The molecule has 2 aromatic rings. The molecule has 4 atom stereocenters. The Morgan fingerprint density at radius 1 is 0.769 bits per heavy atom. The Morgan fingerprint density at radius 2 is 1.18 bits per heavy atom. The van der Waals surface area contributed by atoms with E-state index in [0.717, 1.165) is 34.1 Å². The summed E-state index contributed by atoms with van der Waals surface area (Å²) in [5, 5.41) is 0. The van der Waals surface area contributed by atoms with Crippen LogP contribution in [0.15, 0.2) is 59.9 Å². The van der Waals surface area contributed by atoms with Crippen molar-refractivity contribution in [3.8, 4) is 0 Å². The van der Waals surface area contributed by atoms with E-state index < -0.39 is 76.2 Å². The van der Waals surface area contributed by atoms with Gasteiger partial charge in [-0.3, -0.25) is 33.8 Å². The lowest BCUT2D eigenvalue weighted by Gasteiger charge is -2.55. The van der Waals surface area contributed by atoms with Crippen LogP contribution in [-0.2, 0) is 28.7 Å². The standard InChI is InChI=1S/C29H24F2N2O6/c1-4-18(34)39-24-13(2)19-20-22(27(37)32(25(20)35)16-9-5-14(30)6-10-16)29(24,3)23-21(19)26(36)33(28(23)38)17-11-7-15(31)8-12-17/h5-12,19-23H,4H2,1-3H3/t19?,20-,21-,22+,23+,29?/m0/s1. The lowest BCUT2D eigenvalue weighted by atomic mass is 9.45. The number of anilines is 2. The molecule has 7 rings (SSSR count). The van der Waals surface area contributed by atoms with E-state index in [-0.39, 0.29) is 23.6 Å². The Kier molecular flexibility index (Phi) is 5.40. The van der Waals surface area contributed by atoms with E-state index >= 15 is 0 Å². The second-order valence-electron chi connectivity index (χ2n) is 10.6. The van der Waals surface area contributed by atoms with E-state index in [1.165, 1.54) is 24.3 Å². The van der Waals surface area contributed by atoms with Crippen LogP contribution in [0.25, 0.3) is 0 Å². The molecule has 0 spiro atoms. The third-order valence-corrected chi connectivity index (χ3v) is 8.79. The smallest absolute Gasteiger partial charge is 0.310 e. The first-order valence-electron chi connectivity index (χ1n) is 12.7. The maximum Gasteiger partial charge on any atom is 0.310 e. The minimum atomic E-state index is -1.51. The van der Waals surface area contributed by atoms with Crippen molar-refractivity contribution in [1.82, 2.24) is 0 Å². The summed E-state index contributed by atoms with van der Waals surface area (Å²) in [6.07, 6.45) is 0.0306. The average Bonchev–Trinajstić information content (AvgIpc) is 3.33. The number of imide groups is 2. The summed E-state index contributed by atoms with van der Waals surface area (Å²) >= 11 is 0. The summed E-state index contributed by atoms with van der Waals surface area (Å²) in [4.78, 5) is 70.2. The second-order valence-corrected chi connectivity index (χ2v) is 10.6. The van der Waals surface area contributed by atoms with Gasteiger partial charge in [0, 0.05) is 12.3 Å². The molecule has 8 nitrogen and oxygen atoms in total. The van der Waals surface area contributed by atoms with Gasteiger partial charge in [0.25, 0.3) is 0 Å². The SMILES string of the molecule is CCC(=O)OC1=C(C)C2[C@@H]3C(=O)N(c4ccc(F)cc4)C(=O)[C@@H]3C1(C)[C@H]1C(=O)N(c3ccc(F)cc3)C(=O)[C@@H]21. The lowest BCUT2D eigenvalue weighted by molar-refractivity contribution is -0.160. The fourth-order valence-corrected chi connectivity index (χ4v) is 7.25. The van der Waals surface area contributed by atoms with E-state index in [4.69, 9.17) is 4.74 Å². The number of halogens is 2. The molecule has 0 radical (unpaired) electrons. The Morgan fingerprint density at radius 3 is 1.56 bits per heavy atom. The summed E-state index contributed by atoms with van der Waals surface area (Å²) in [5.74, 6) is -8.97. The number of rotatable bonds is 4. The molecule has 1 saturated carbocycles. The molecule has 0 unspecified atom stereocenters. The first-order chi connectivity index (χ1) is 18.5. The molecule has 2 aliphatic heterocycles. The third-order valence-electron chi connectivity index (χ3n) is 8.79. The third kappa shape index (κ3) is 3.17. The molecule has 4 amide bonds. The zero-order valence-corrected chi connectivity index (χ0v) is 21.3. The van der Waals surface area contributed by atoms with Gasteiger partial charge in [0.1, 0.15) is 17.4 Å². The van der Waals surface area contributed by atoms with Crippen molar-refractivity contribution in [3.63, 3.8) is 0 Å². The maximum absolute atomic E-state index is 14.0. The summed E-state index contributed by atoms with van der Waals surface area (Å²) in [6, 6.07) is 9.81. The topological polar surface area (TPSA) is 101 Å². The van der Waals surface area contributed by atoms with Gasteiger partial charge < -0.3 is 4.74 Å². The van der Waals surface area contributed by atoms with Crippen LogP contribution in [0.5, 0.6) is 0 Å². The predicted octanol–water partition coefficient (Wildman–Crippen LogP) is 3.75. The van der Waals surface area contributed by atoms with Crippen molar-refractivity contribution in [1.29, 1.82) is 0 Å². The van der Waals surface area contributed by atoms with Gasteiger partial charge in [-0.2, -0.15) is 0 Å². The van der Waals surface area contributed by atoms with Gasteiger partial charge in [-0.25, -0.2) is 8.78 Å². The van der Waals surface area contributed by atoms with Crippen LogP contribution in [0.3, 0.4) is 0 Å².